The number of carbonyl (C=O) groups is 3. The van der Waals surface area contributed by atoms with Crippen LogP contribution >= 0.6 is 0 Å². The van der Waals surface area contributed by atoms with Crippen LogP contribution in [-0.4, -0.2) is 30.9 Å². The Kier molecular flexibility index (Phi) is 10.3. The van der Waals surface area contributed by atoms with Crippen LogP contribution in [0.4, 0.5) is 0 Å². The van der Waals surface area contributed by atoms with Crippen LogP contribution in [0.15, 0.2) is 30.3 Å². The molecular weight excluding hydrogens is 440 g/mol. The predicted molar refractivity (Wildman–Crippen MR) is 141 cm³/mol. The molecule has 5 heteroatoms. The Morgan fingerprint density at radius 3 is 1.80 bits per heavy atom. The molecule has 1 aromatic carbocycles. The van der Waals surface area contributed by atoms with Crippen molar-refractivity contribution >= 4 is 17.7 Å². The molecule has 0 aliphatic carbocycles. The molecule has 0 amide bonds. The third kappa shape index (κ3) is 8.47. The lowest BCUT2D eigenvalue weighted by Gasteiger charge is -2.52. The molecule has 3 atom stereocenters. The zero-order valence-electron chi connectivity index (χ0n) is 23.9. The molecule has 0 aromatic heterocycles. The van der Waals surface area contributed by atoms with Gasteiger partial charge >= 0.3 is 11.9 Å². The number of benzene rings is 1. The minimum Gasteiger partial charge on any atom is -0.462 e. The highest BCUT2D eigenvalue weighted by atomic mass is 16.6. The van der Waals surface area contributed by atoms with Gasteiger partial charge in [-0.3, -0.25) is 14.4 Å². The molecule has 0 saturated heterocycles. The number of esters is 2. The molecule has 0 saturated carbocycles. The lowest BCUT2D eigenvalue weighted by Crippen LogP contribution is -2.51. The molecule has 0 heterocycles. The molecule has 3 unspecified atom stereocenters. The first-order chi connectivity index (χ1) is 15.8. The van der Waals surface area contributed by atoms with Crippen LogP contribution in [-0.2, 0) is 23.9 Å². The van der Waals surface area contributed by atoms with Crippen molar-refractivity contribution < 1.29 is 23.9 Å². The Morgan fingerprint density at radius 1 is 0.829 bits per heavy atom. The van der Waals surface area contributed by atoms with Crippen molar-refractivity contribution in [2.75, 3.05) is 13.2 Å². The summed E-state index contributed by atoms with van der Waals surface area (Å²) >= 11 is 0. The Morgan fingerprint density at radius 2 is 1.34 bits per heavy atom. The van der Waals surface area contributed by atoms with E-state index in [0.717, 1.165) is 0 Å². The molecule has 198 valence electrons. The van der Waals surface area contributed by atoms with Gasteiger partial charge in [0, 0.05) is 0 Å². The average molecular weight is 489 g/mol. The van der Waals surface area contributed by atoms with Gasteiger partial charge in [0.1, 0.15) is 25.4 Å². The van der Waals surface area contributed by atoms with Crippen molar-refractivity contribution in [1.82, 2.24) is 0 Å². The van der Waals surface area contributed by atoms with Crippen LogP contribution in [0.2, 0.25) is 0 Å². The third-order valence-corrected chi connectivity index (χ3v) is 7.46. The molecule has 1 rings (SSSR count). The summed E-state index contributed by atoms with van der Waals surface area (Å²) in [6, 6.07) is 10.5. The second-order valence-electron chi connectivity index (χ2n) is 13.1. The summed E-state index contributed by atoms with van der Waals surface area (Å²) in [5.41, 5.74) is -0.0644. The molecular formula is C30H48O5. The van der Waals surface area contributed by atoms with E-state index in [2.05, 4.69) is 86.6 Å². The summed E-state index contributed by atoms with van der Waals surface area (Å²) in [6.45, 7) is 23.1. The van der Waals surface area contributed by atoms with Gasteiger partial charge in [-0.25, -0.2) is 0 Å². The average Bonchev–Trinajstić information content (AvgIpc) is 2.68. The van der Waals surface area contributed by atoms with E-state index in [9.17, 15) is 14.4 Å². The van der Waals surface area contributed by atoms with E-state index in [1.165, 1.54) is 12.5 Å². The van der Waals surface area contributed by atoms with Gasteiger partial charge in [0.25, 0.3) is 0 Å². The lowest BCUT2D eigenvalue weighted by molar-refractivity contribution is -0.173. The number of carbonyl (C=O) groups excluding carboxylic acids is 3. The first kappa shape index (κ1) is 30.9. The van der Waals surface area contributed by atoms with Gasteiger partial charge in [-0.15, -0.1) is 0 Å². The van der Waals surface area contributed by atoms with Crippen molar-refractivity contribution in [3.8, 4) is 0 Å². The fraction of sp³-hybridized carbons (Fsp3) is 0.700. The first-order valence-corrected chi connectivity index (χ1v) is 12.7. The van der Waals surface area contributed by atoms with Crippen molar-refractivity contribution in [1.29, 1.82) is 0 Å². The largest absolute Gasteiger partial charge is 0.462 e. The lowest BCUT2D eigenvalue weighted by atomic mass is 9.51. The molecule has 1 aromatic rings. The Balaban J connectivity index is 3.25. The van der Waals surface area contributed by atoms with Gasteiger partial charge in [-0.05, 0) is 53.9 Å². The predicted octanol–water partition coefficient (Wildman–Crippen LogP) is 6.99. The molecule has 0 N–H and O–H groups in total. The Bertz CT molecular complexity index is 857. The monoisotopic (exact) mass is 488 g/mol. The van der Waals surface area contributed by atoms with Gasteiger partial charge in [0.15, 0.2) is 0 Å². The summed E-state index contributed by atoms with van der Waals surface area (Å²) in [6.07, 6.45) is 0.375. The van der Waals surface area contributed by atoms with Crippen molar-refractivity contribution in [2.45, 2.75) is 94.9 Å². The maximum atomic E-state index is 13.7. The maximum Gasteiger partial charge on any atom is 0.313 e. The van der Waals surface area contributed by atoms with E-state index in [-0.39, 0.29) is 54.1 Å². The van der Waals surface area contributed by atoms with Crippen molar-refractivity contribution in [3.63, 3.8) is 0 Å². The topological polar surface area (TPSA) is 69.7 Å². The van der Waals surface area contributed by atoms with E-state index < -0.39 is 16.8 Å². The van der Waals surface area contributed by atoms with Gasteiger partial charge in [-0.2, -0.15) is 0 Å². The fourth-order valence-corrected chi connectivity index (χ4v) is 5.45. The molecule has 0 radical (unpaired) electrons. The molecule has 35 heavy (non-hydrogen) atoms. The molecule has 0 bridgehead atoms. The fourth-order valence-electron chi connectivity index (χ4n) is 5.45. The summed E-state index contributed by atoms with van der Waals surface area (Å²) in [5.74, 6) is -0.771. The van der Waals surface area contributed by atoms with Gasteiger partial charge in [-0.1, -0.05) is 92.6 Å². The van der Waals surface area contributed by atoms with Crippen LogP contribution in [0.25, 0.3) is 0 Å². The van der Waals surface area contributed by atoms with Crippen LogP contribution < -0.4 is 0 Å². The number of hydrogen-bond donors (Lipinski definition) is 0. The number of ether oxygens (including phenoxy) is 2. The number of hydrogen-bond acceptors (Lipinski definition) is 5. The van der Waals surface area contributed by atoms with E-state index in [4.69, 9.17) is 9.47 Å². The van der Waals surface area contributed by atoms with Gasteiger partial charge in [0.05, 0.1) is 5.41 Å². The molecule has 5 nitrogen and oxygen atoms in total. The zero-order chi connectivity index (χ0) is 27.2. The number of ketones is 1. The first-order valence-electron chi connectivity index (χ1n) is 12.7. The van der Waals surface area contributed by atoms with E-state index >= 15 is 0 Å². The molecule has 0 spiro atoms. The molecule has 0 fully saturated rings. The summed E-state index contributed by atoms with van der Waals surface area (Å²) in [7, 11) is 0. The van der Waals surface area contributed by atoms with Gasteiger partial charge < -0.3 is 9.47 Å². The van der Waals surface area contributed by atoms with Crippen molar-refractivity contribution in [3.05, 3.63) is 35.9 Å². The van der Waals surface area contributed by atoms with E-state index in [1.54, 1.807) is 0 Å². The molecule has 0 aliphatic heterocycles. The third-order valence-electron chi connectivity index (χ3n) is 7.46. The zero-order valence-corrected chi connectivity index (χ0v) is 23.9. The smallest absolute Gasteiger partial charge is 0.313 e. The summed E-state index contributed by atoms with van der Waals surface area (Å²) in [4.78, 5) is 36.4. The molecule has 0 aliphatic rings. The Labute approximate surface area is 213 Å². The Hall–Kier alpha value is -2.17. The van der Waals surface area contributed by atoms with Gasteiger partial charge in [0.2, 0.25) is 0 Å². The maximum absolute atomic E-state index is 13.7. The highest BCUT2D eigenvalue weighted by molar-refractivity contribution is 5.94. The van der Waals surface area contributed by atoms with E-state index in [1.807, 2.05) is 13.0 Å². The minimum atomic E-state index is -0.785. The normalized spacial score (nSPS) is 16.1. The quantitative estimate of drug-likeness (QED) is 0.191. The van der Waals surface area contributed by atoms with Crippen molar-refractivity contribution in [2.24, 2.45) is 27.6 Å². The second-order valence-corrected chi connectivity index (χ2v) is 13.1. The summed E-state index contributed by atoms with van der Waals surface area (Å²) < 4.78 is 10.8. The highest BCUT2D eigenvalue weighted by Gasteiger charge is 2.55. The van der Waals surface area contributed by atoms with E-state index in [0.29, 0.717) is 6.42 Å². The minimum absolute atomic E-state index is 0.0184. The van der Waals surface area contributed by atoms with Crippen LogP contribution in [0.5, 0.6) is 0 Å². The number of Topliss-reactive ketones (excluding diaryl/α,β-unsaturated/α-hetero) is 1. The SMILES string of the molecule is CC(=O)CC(=O)OCCOC(=O)C(C)(CC(C)(C)C)C(C)(C)C(C)C(c1ccccc1)C(C)(C)C. The van der Waals surface area contributed by atoms with Crippen LogP contribution in [0, 0.1) is 27.6 Å². The number of rotatable bonds is 11. The van der Waals surface area contributed by atoms with Crippen LogP contribution in [0.1, 0.15) is 100 Å². The van der Waals surface area contributed by atoms with Crippen LogP contribution in [0.3, 0.4) is 0 Å². The standard InChI is InChI=1S/C30H48O5/c1-21(31)19-24(32)34-17-18-35-26(33)30(11,20-27(3,4)5)29(9,10)22(2)25(28(6,7)8)23-15-13-12-14-16-23/h12-16,22,25H,17-20H2,1-11H3. The second kappa shape index (κ2) is 11.7. The highest BCUT2D eigenvalue weighted by Crippen LogP contribution is 2.57. The summed E-state index contributed by atoms with van der Waals surface area (Å²) in [5, 5.41) is 0.